The Morgan fingerprint density at radius 3 is 2.71 bits per heavy atom. The molecule has 0 bridgehead atoms. The van der Waals surface area contributed by atoms with Gasteiger partial charge in [0.05, 0.1) is 11.5 Å². The van der Waals surface area contributed by atoms with E-state index in [1.165, 1.54) is 17.7 Å². The number of nitro benzene ring substituents is 1. The highest BCUT2D eigenvalue weighted by atomic mass is 32.1. The maximum atomic E-state index is 10.7. The van der Waals surface area contributed by atoms with Gasteiger partial charge in [-0.3, -0.25) is 10.1 Å². The van der Waals surface area contributed by atoms with Crippen molar-refractivity contribution in [3.63, 3.8) is 0 Å². The van der Waals surface area contributed by atoms with E-state index in [0.29, 0.717) is 13.1 Å². The highest BCUT2D eigenvalue weighted by Crippen LogP contribution is 2.13. The molecule has 0 atom stereocenters. The predicted octanol–water partition coefficient (Wildman–Crippen LogP) is 3.42. The first-order valence-electron chi connectivity index (χ1n) is 7.45. The molecule has 1 aromatic heterocycles. The summed E-state index contributed by atoms with van der Waals surface area (Å²) in [6.07, 6.45) is 1.78. The molecule has 6 nitrogen and oxygen atoms in total. The van der Waals surface area contributed by atoms with Crippen LogP contribution in [0.3, 0.4) is 0 Å². The van der Waals surface area contributed by atoms with Crippen LogP contribution in [-0.4, -0.2) is 29.4 Å². The van der Waals surface area contributed by atoms with E-state index in [0.717, 1.165) is 18.1 Å². The third-order valence-corrected chi connectivity index (χ3v) is 4.06. The summed E-state index contributed by atoms with van der Waals surface area (Å²) < 4.78 is 0. The fourth-order valence-electron chi connectivity index (χ4n) is 2.10. The molecule has 0 spiro atoms. The fraction of sp³-hybridized carbons (Fsp3) is 0.235. The Morgan fingerprint density at radius 1 is 1.38 bits per heavy atom. The van der Waals surface area contributed by atoms with E-state index in [-0.39, 0.29) is 5.69 Å². The Morgan fingerprint density at radius 2 is 2.12 bits per heavy atom. The lowest BCUT2D eigenvalue weighted by molar-refractivity contribution is -0.384. The molecular formula is C17H20N4O2S. The first-order chi connectivity index (χ1) is 11.6. The number of nitrogens with one attached hydrogen (secondary N) is 1. The van der Waals surface area contributed by atoms with Gasteiger partial charge in [0.15, 0.2) is 5.96 Å². The molecule has 0 amide bonds. The van der Waals surface area contributed by atoms with Gasteiger partial charge in [-0.05, 0) is 28.0 Å². The van der Waals surface area contributed by atoms with Crippen LogP contribution in [0.2, 0.25) is 0 Å². The minimum atomic E-state index is -0.404. The molecule has 0 radical (unpaired) electrons. The summed E-state index contributed by atoms with van der Waals surface area (Å²) in [4.78, 5) is 16.9. The molecule has 0 aliphatic rings. The van der Waals surface area contributed by atoms with Gasteiger partial charge in [-0.25, -0.2) is 4.99 Å². The van der Waals surface area contributed by atoms with Gasteiger partial charge in [-0.1, -0.05) is 18.2 Å². The minimum absolute atomic E-state index is 0.0855. The number of nitro groups is 1. The maximum Gasteiger partial charge on any atom is 0.269 e. The molecule has 0 unspecified atom stereocenters. The van der Waals surface area contributed by atoms with Gasteiger partial charge >= 0.3 is 0 Å². The largest absolute Gasteiger partial charge is 0.353 e. The smallest absolute Gasteiger partial charge is 0.269 e. The molecular weight excluding hydrogens is 324 g/mol. The van der Waals surface area contributed by atoms with Crippen molar-refractivity contribution in [2.45, 2.75) is 13.1 Å². The van der Waals surface area contributed by atoms with Crippen LogP contribution in [0.25, 0.3) is 0 Å². The lowest BCUT2D eigenvalue weighted by Crippen LogP contribution is -2.38. The Bertz CT molecular complexity index is 696. The van der Waals surface area contributed by atoms with Gasteiger partial charge in [0, 0.05) is 32.3 Å². The lowest BCUT2D eigenvalue weighted by Gasteiger charge is -2.21. The van der Waals surface area contributed by atoms with Crippen molar-refractivity contribution in [1.82, 2.24) is 10.2 Å². The zero-order valence-corrected chi connectivity index (χ0v) is 14.3. The summed E-state index contributed by atoms with van der Waals surface area (Å²) >= 11 is 1.67. The van der Waals surface area contributed by atoms with Crippen molar-refractivity contribution in [1.29, 1.82) is 0 Å². The van der Waals surface area contributed by atoms with Gasteiger partial charge in [-0.15, -0.1) is 6.58 Å². The number of thiophene rings is 1. The standard InChI is InChI=1S/C17H20N4O2S/c1-3-9-18-17(20(2)12-15-8-10-24-13-15)19-11-14-4-6-16(7-5-14)21(22)23/h3-8,10,13H,1,9,11-12H2,2H3,(H,18,19). The molecule has 24 heavy (non-hydrogen) atoms. The number of aliphatic imine (C=N–C) groups is 1. The Labute approximate surface area is 145 Å². The second kappa shape index (κ2) is 8.83. The van der Waals surface area contributed by atoms with Crippen LogP contribution in [0.15, 0.2) is 58.7 Å². The topological polar surface area (TPSA) is 70.8 Å². The van der Waals surface area contributed by atoms with Crippen LogP contribution in [0.4, 0.5) is 5.69 Å². The molecule has 1 N–H and O–H groups in total. The zero-order valence-electron chi connectivity index (χ0n) is 13.5. The number of rotatable bonds is 7. The van der Waals surface area contributed by atoms with E-state index < -0.39 is 4.92 Å². The van der Waals surface area contributed by atoms with Gasteiger partial charge in [-0.2, -0.15) is 11.3 Å². The molecule has 1 aromatic carbocycles. The van der Waals surface area contributed by atoms with Crippen LogP contribution in [0.1, 0.15) is 11.1 Å². The minimum Gasteiger partial charge on any atom is -0.353 e. The highest BCUT2D eigenvalue weighted by molar-refractivity contribution is 7.07. The Hall–Kier alpha value is -2.67. The molecule has 0 aliphatic heterocycles. The van der Waals surface area contributed by atoms with Crippen molar-refractivity contribution in [2.24, 2.45) is 4.99 Å². The molecule has 126 valence electrons. The van der Waals surface area contributed by atoms with E-state index in [4.69, 9.17) is 0 Å². The Balaban J connectivity index is 2.06. The number of nitrogens with zero attached hydrogens (tertiary/aromatic N) is 3. The van der Waals surface area contributed by atoms with Crippen molar-refractivity contribution < 1.29 is 4.92 Å². The number of non-ortho nitro benzene ring substituents is 1. The third-order valence-electron chi connectivity index (χ3n) is 3.32. The van der Waals surface area contributed by atoms with Crippen LogP contribution < -0.4 is 5.32 Å². The zero-order chi connectivity index (χ0) is 17.4. The molecule has 7 heteroatoms. The van der Waals surface area contributed by atoms with E-state index in [1.54, 1.807) is 29.5 Å². The highest BCUT2D eigenvalue weighted by Gasteiger charge is 2.08. The second-order valence-corrected chi connectivity index (χ2v) is 6.00. The summed E-state index contributed by atoms with van der Waals surface area (Å²) in [6.45, 7) is 5.54. The second-order valence-electron chi connectivity index (χ2n) is 5.22. The number of hydrogen-bond acceptors (Lipinski definition) is 4. The fourth-order valence-corrected chi connectivity index (χ4v) is 2.76. The average Bonchev–Trinajstić information content (AvgIpc) is 3.08. The van der Waals surface area contributed by atoms with Gasteiger partial charge < -0.3 is 10.2 Å². The molecule has 2 rings (SSSR count). The van der Waals surface area contributed by atoms with Gasteiger partial charge in [0.1, 0.15) is 0 Å². The summed E-state index contributed by atoms with van der Waals surface area (Å²) in [5, 5.41) is 18.1. The molecule has 0 fully saturated rings. The molecule has 0 aliphatic carbocycles. The quantitative estimate of drug-likeness (QED) is 0.275. The lowest BCUT2D eigenvalue weighted by atomic mass is 10.2. The van der Waals surface area contributed by atoms with Gasteiger partial charge in [0.25, 0.3) is 5.69 Å². The van der Waals surface area contributed by atoms with Crippen molar-refractivity contribution in [3.8, 4) is 0 Å². The van der Waals surface area contributed by atoms with E-state index in [2.05, 4.69) is 28.3 Å². The molecule has 0 saturated carbocycles. The monoisotopic (exact) mass is 344 g/mol. The van der Waals surface area contributed by atoms with Crippen molar-refractivity contribution in [2.75, 3.05) is 13.6 Å². The SMILES string of the molecule is C=CCNC(=NCc1ccc([N+](=O)[O-])cc1)N(C)Cc1ccsc1. The molecule has 0 saturated heterocycles. The summed E-state index contributed by atoms with van der Waals surface area (Å²) in [5.41, 5.74) is 2.23. The van der Waals surface area contributed by atoms with E-state index >= 15 is 0 Å². The van der Waals surface area contributed by atoms with E-state index in [9.17, 15) is 10.1 Å². The van der Waals surface area contributed by atoms with Crippen molar-refractivity contribution >= 4 is 23.0 Å². The summed E-state index contributed by atoms with van der Waals surface area (Å²) in [7, 11) is 1.97. The van der Waals surface area contributed by atoms with E-state index in [1.807, 2.05) is 17.3 Å². The normalized spacial score (nSPS) is 11.1. The molecule has 2 aromatic rings. The van der Waals surface area contributed by atoms with Crippen LogP contribution in [-0.2, 0) is 13.1 Å². The van der Waals surface area contributed by atoms with Gasteiger partial charge in [0.2, 0.25) is 0 Å². The summed E-state index contributed by atoms with van der Waals surface area (Å²) in [6, 6.07) is 8.54. The van der Waals surface area contributed by atoms with Crippen LogP contribution in [0.5, 0.6) is 0 Å². The molecule has 1 heterocycles. The first-order valence-corrected chi connectivity index (χ1v) is 8.39. The Kier molecular flexibility index (Phi) is 6.51. The number of benzene rings is 1. The van der Waals surface area contributed by atoms with Crippen LogP contribution >= 0.6 is 11.3 Å². The summed E-state index contributed by atoms with van der Waals surface area (Å²) in [5.74, 6) is 0.763. The first kappa shape index (κ1) is 17.7. The third kappa shape index (κ3) is 5.20. The average molecular weight is 344 g/mol. The maximum absolute atomic E-state index is 10.7. The van der Waals surface area contributed by atoms with Crippen LogP contribution in [0, 0.1) is 10.1 Å². The number of guanidine groups is 1. The van der Waals surface area contributed by atoms with Crippen molar-refractivity contribution in [3.05, 3.63) is 75.0 Å². The number of hydrogen-bond donors (Lipinski definition) is 1. The predicted molar refractivity (Wildman–Crippen MR) is 98.2 cm³/mol.